The molecule has 100 valence electrons. The predicted octanol–water partition coefficient (Wildman–Crippen LogP) is 1.17. The number of carboxylic acid groups (broad SMARTS) is 1. The first-order valence-corrected chi connectivity index (χ1v) is 5.37. The summed E-state index contributed by atoms with van der Waals surface area (Å²) >= 11 is 0. The number of nitrogens with zero attached hydrogens (tertiary/aromatic N) is 2. The fraction of sp³-hybridized carbons (Fsp3) is 0.167. The molecule has 1 aromatic heterocycles. The van der Waals surface area contributed by atoms with Gasteiger partial charge in [-0.3, -0.25) is 0 Å². The summed E-state index contributed by atoms with van der Waals surface area (Å²) in [5.41, 5.74) is 6.24. The first kappa shape index (κ1) is 12.7. The molecule has 7 nitrogen and oxygen atoms in total. The summed E-state index contributed by atoms with van der Waals surface area (Å²) in [5, 5.41) is 12.9. The lowest BCUT2D eigenvalue weighted by molar-refractivity contribution is 0.0698. The molecule has 0 atom stereocenters. The molecule has 2 rings (SSSR count). The Morgan fingerprint density at radius 3 is 2.63 bits per heavy atom. The molecule has 1 heterocycles. The van der Waals surface area contributed by atoms with Crippen molar-refractivity contribution in [2.45, 2.75) is 0 Å². The quantitative estimate of drug-likeness (QED) is 0.858. The van der Waals surface area contributed by atoms with Crippen LogP contribution in [-0.2, 0) is 0 Å². The Hall–Kier alpha value is -2.70. The predicted molar refractivity (Wildman–Crippen MR) is 68.0 cm³/mol. The molecule has 0 spiro atoms. The maximum atomic E-state index is 10.9. The third-order valence-electron chi connectivity index (χ3n) is 2.65. The maximum absolute atomic E-state index is 10.9. The van der Waals surface area contributed by atoms with Crippen molar-refractivity contribution >= 4 is 11.8 Å². The van der Waals surface area contributed by atoms with Crippen LogP contribution in [0.2, 0.25) is 0 Å². The Bertz CT molecular complexity index is 621. The van der Waals surface area contributed by atoms with Crippen molar-refractivity contribution in [1.82, 2.24) is 9.78 Å². The van der Waals surface area contributed by atoms with Gasteiger partial charge in [0.15, 0.2) is 0 Å². The van der Waals surface area contributed by atoms with E-state index in [-0.39, 0.29) is 11.4 Å². The summed E-state index contributed by atoms with van der Waals surface area (Å²) in [6.45, 7) is 0. The summed E-state index contributed by atoms with van der Waals surface area (Å²) in [7, 11) is 3.04. The molecule has 0 saturated carbocycles. The molecule has 0 bridgehead atoms. The van der Waals surface area contributed by atoms with Crippen LogP contribution in [0.3, 0.4) is 0 Å². The lowest BCUT2D eigenvalue weighted by Gasteiger charge is -2.11. The lowest BCUT2D eigenvalue weighted by Crippen LogP contribution is -2.07. The van der Waals surface area contributed by atoms with E-state index >= 15 is 0 Å². The summed E-state index contributed by atoms with van der Waals surface area (Å²) in [4.78, 5) is 10.9. The van der Waals surface area contributed by atoms with Crippen molar-refractivity contribution in [1.29, 1.82) is 0 Å². The molecular formula is C12H13N3O4. The van der Waals surface area contributed by atoms with Crippen LogP contribution < -0.4 is 15.2 Å². The molecule has 19 heavy (non-hydrogen) atoms. The fourth-order valence-electron chi connectivity index (χ4n) is 1.67. The third-order valence-corrected chi connectivity index (χ3v) is 2.65. The molecule has 0 saturated heterocycles. The second-order valence-electron chi connectivity index (χ2n) is 3.70. The van der Waals surface area contributed by atoms with E-state index in [1.807, 2.05) is 0 Å². The number of anilines is 1. The van der Waals surface area contributed by atoms with E-state index in [1.165, 1.54) is 18.0 Å². The molecule has 7 heteroatoms. The van der Waals surface area contributed by atoms with Gasteiger partial charge in [-0.05, 0) is 12.1 Å². The van der Waals surface area contributed by atoms with E-state index in [4.69, 9.17) is 20.3 Å². The number of carboxylic acids is 1. The molecular weight excluding hydrogens is 250 g/mol. The zero-order valence-corrected chi connectivity index (χ0v) is 10.5. The van der Waals surface area contributed by atoms with Crippen LogP contribution in [0.15, 0.2) is 24.4 Å². The van der Waals surface area contributed by atoms with E-state index in [0.717, 1.165) is 0 Å². The van der Waals surface area contributed by atoms with Crippen LogP contribution in [-0.4, -0.2) is 35.1 Å². The van der Waals surface area contributed by atoms with Gasteiger partial charge in [-0.25, -0.2) is 9.48 Å². The molecule has 0 fully saturated rings. The van der Waals surface area contributed by atoms with Gasteiger partial charge in [0.25, 0.3) is 0 Å². The highest BCUT2D eigenvalue weighted by molar-refractivity contribution is 5.92. The smallest absolute Gasteiger partial charge is 0.341 e. The highest BCUT2D eigenvalue weighted by Gasteiger charge is 2.17. The van der Waals surface area contributed by atoms with Gasteiger partial charge in [-0.2, -0.15) is 5.10 Å². The van der Waals surface area contributed by atoms with E-state index in [1.54, 1.807) is 25.3 Å². The number of rotatable bonds is 4. The van der Waals surface area contributed by atoms with Crippen LogP contribution in [0.4, 0.5) is 5.82 Å². The number of aromatic nitrogens is 2. The van der Waals surface area contributed by atoms with Crippen molar-refractivity contribution in [2.75, 3.05) is 20.0 Å². The SMILES string of the molecule is COc1ccc(-n2ncc(C(=O)O)c2N)c(OC)c1. The van der Waals surface area contributed by atoms with Gasteiger partial charge in [0.2, 0.25) is 0 Å². The van der Waals surface area contributed by atoms with Crippen LogP contribution in [0.1, 0.15) is 10.4 Å². The van der Waals surface area contributed by atoms with Crippen molar-refractivity contribution in [2.24, 2.45) is 0 Å². The van der Waals surface area contributed by atoms with Crippen LogP contribution in [0.25, 0.3) is 5.69 Å². The average molecular weight is 263 g/mol. The van der Waals surface area contributed by atoms with E-state index in [0.29, 0.717) is 17.2 Å². The van der Waals surface area contributed by atoms with E-state index < -0.39 is 5.97 Å². The minimum atomic E-state index is -1.13. The third kappa shape index (κ3) is 2.17. The largest absolute Gasteiger partial charge is 0.497 e. The molecule has 0 aliphatic heterocycles. The van der Waals surface area contributed by atoms with Gasteiger partial charge in [-0.1, -0.05) is 0 Å². The summed E-state index contributed by atoms with van der Waals surface area (Å²) < 4.78 is 11.6. The second kappa shape index (κ2) is 4.89. The highest BCUT2D eigenvalue weighted by atomic mass is 16.5. The summed E-state index contributed by atoms with van der Waals surface area (Å²) in [6.07, 6.45) is 1.20. The summed E-state index contributed by atoms with van der Waals surface area (Å²) in [5.74, 6) is 0.00284. The number of ether oxygens (including phenoxy) is 2. The minimum absolute atomic E-state index is 0.0379. The first-order valence-electron chi connectivity index (χ1n) is 5.37. The second-order valence-corrected chi connectivity index (χ2v) is 3.70. The number of aromatic carboxylic acids is 1. The van der Waals surface area contributed by atoms with Gasteiger partial charge in [0.1, 0.15) is 28.6 Å². The standard InChI is InChI=1S/C12H13N3O4/c1-18-7-3-4-9(10(5-7)19-2)15-11(13)8(6-14-15)12(16)17/h3-6H,13H2,1-2H3,(H,16,17). The van der Waals surface area contributed by atoms with Crippen molar-refractivity contribution in [3.05, 3.63) is 30.0 Å². The van der Waals surface area contributed by atoms with Gasteiger partial charge < -0.3 is 20.3 Å². The fourth-order valence-corrected chi connectivity index (χ4v) is 1.67. The molecule has 0 unspecified atom stereocenters. The topological polar surface area (TPSA) is 99.6 Å². The summed E-state index contributed by atoms with van der Waals surface area (Å²) in [6, 6.07) is 5.06. The monoisotopic (exact) mass is 263 g/mol. The number of nitrogen functional groups attached to an aromatic ring is 1. The molecule has 3 N–H and O–H groups in total. The molecule has 1 aromatic carbocycles. The number of hydrogen-bond acceptors (Lipinski definition) is 5. The maximum Gasteiger partial charge on any atom is 0.341 e. The van der Waals surface area contributed by atoms with Crippen molar-refractivity contribution in [3.8, 4) is 17.2 Å². The minimum Gasteiger partial charge on any atom is -0.497 e. The Labute approximate surface area is 109 Å². The average Bonchev–Trinajstić information content (AvgIpc) is 2.79. The number of nitrogens with two attached hydrogens (primary N) is 1. The van der Waals surface area contributed by atoms with Crippen molar-refractivity contribution < 1.29 is 19.4 Å². The van der Waals surface area contributed by atoms with Crippen molar-refractivity contribution in [3.63, 3.8) is 0 Å². The van der Waals surface area contributed by atoms with Crippen LogP contribution in [0, 0.1) is 0 Å². The lowest BCUT2D eigenvalue weighted by atomic mass is 10.2. The zero-order valence-electron chi connectivity index (χ0n) is 10.5. The van der Waals surface area contributed by atoms with Gasteiger partial charge in [0.05, 0.1) is 20.4 Å². The van der Waals surface area contributed by atoms with Crippen LogP contribution >= 0.6 is 0 Å². The zero-order chi connectivity index (χ0) is 14.0. The highest BCUT2D eigenvalue weighted by Crippen LogP contribution is 2.29. The molecule has 0 amide bonds. The Morgan fingerprint density at radius 2 is 2.11 bits per heavy atom. The number of benzene rings is 1. The number of methoxy groups -OCH3 is 2. The molecule has 2 aromatic rings. The number of hydrogen-bond donors (Lipinski definition) is 2. The number of carbonyl (C=O) groups is 1. The molecule has 0 aliphatic rings. The Morgan fingerprint density at radius 1 is 1.37 bits per heavy atom. The van der Waals surface area contributed by atoms with Gasteiger partial charge in [0, 0.05) is 6.07 Å². The molecule has 0 radical (unpaired) electrons. The van der Waals surface area contributed by atoms with Gasteiger partial charge in [-0.15, -0.1) is 0 Å². The normalized spacial score (nSPS) is 10.2. The Balaban J connectivity index is 2.55. The molecule has 0 aliphatic carbocycles. The van der Waals surface area contributed by atoms with Gasteiger partial charge >= 0.3 is 5.97 Å². The first-order chi connectivity index (χ1) is 9.08. The van der Waals surface area contributed by atoms with E-state index in [9.17, 15) is 4.79 Å². The van der Waals surface area contributed by atoms with E-state index in [2.05, 4.69) is 5.10 Å². The van der Waals surface area contributed by atoms with Crippen LogP contribution in [0.5, 0.6) is 11.5 Å². The Kier molecular flexibility index (Phi) is 3.28.